The Morgan fingerprint density at radius 1 is 1.26 bits per heavy atom. The molecule has 126 valence electrons. The van der Waals surface area contributed by atoms with Crippen LogP contribution in [0.4, 0.5) is 0 Å². The molecule has 0 saturated carbocycles. The lowest BCUT2D eigenvalue weighted by atomic mass is 9.84. The fourth-order valence-electron chi connectivity index (χ4n) is 3.06. The van der Waals surface area contributed by atoms with E-state index in [4.69, 9.17) is 4.74 Å². The molecule has 2 atom stereocenters. The molecule has 1 saturated heterocycles. The van der Waals surface area contributed by atoms with Crippen LogP contribution < -0.4 is 10.1 Å². The van der Waals surface area contributed by atoms with Gasteiger partial charge < -0.3 is 14.8 Å². The minimum atomic E-state index is -0.186. The first-order valence-electron chi connectivity index (χ1n) is 8.63. The molecule has 1 aromatic carbocycles. The average molecular weight is 317 g/mol. The number of ether oxygens (including phenoxy) is 1. The Morgan fingerprint density at radius 2 is 1.96 bits per heavy atom. The third-order valence-electron chi connectivity index (χ3n) is 4.38. The number of fused-ring (bicyclic) bond motifs is 1. The molecule has 0 spiro atoms. The van der Waals surface area contributed by atoms with Gasteiger partial charge in [-0.1, -0.05) is 19.1 Å². The Morgan fingerprint density at radius 3 is 2.52 bits per heavy atom. The maximum atomic E-state index is 12.4. The molecule has 2 heterocycles. The quantitative estimate of drug-likeness (QED) is 0.925. The van der Waals surface area contributed by atoms with Crippen molar-refractivity contribution in [1.29, 1.82) is 0 Å². The van der Waals surface area contributed by atoms with E-state index in [-0.39, 0.29) is 23.6 Å². The first-order chi connectivity index (χ1) is 11.1. The molecule has 0 amide bonds. The van der Waals surface area contributed by atoms with Gasteiger partial charge in [-0.05, 0) is 57.8 Å². The second-order valence-corrected chi connectivity index (χ2v) is 6.23. The van der Waals surface area contributed by atoms with Crippen LogP contribution in [0.5, 0.6) is 5.75 Å². The molecule has 4 heteroatoms. The van der Waals surface area contributed by atoms with Crippen LogP contribution in [0.1, 0.15) is 56.3 Å². The molecule has 0 radical (unpaired) electrons. The van der Waals surface area contributed by atoms with Crippen molar-refractivity contribution in [2.45, 2.75) is 52.1 Å². The Balaban J connectivity index is 0.000000326. The average Bonchev–Trinajstić information content (AvgIpc) is 3.13. The van der Waals surface area contributed by atoms with Crippen molar-refractivity contribution in [3.05, 3.63) is 29.8 Å². The molecule has 2 aliphatic heterocycles. The number of ketones is 2. The molecule has 0 bridgehead atoms. The molecular formula is C19H27NO3. The maximum Gasteiger partial charge on any atom is 0.173 e. The molecule has 1 N–H and O–H groups in total. The van der Waals surface area contributed by atoms with Gasteiger partial charge in [0, 0.05) is 6.42 Å². The minimum absolute atomic E-state index is 0.105. The van der Waals surface area contributed by atoms with Crippen LogP contribution in [0.3, 0.4) is 0 Å². The number of benzene rings is 1. The Kier molecular flexibility index (Phi) is 6.78. The molecule has 0 aliphatic carbocycles. The first-order valence-corrected chi connectivity index (χ1v) is 8.63. The van der Waals surface area contributed by atoms with E-state index >= 15 is 0 Å². The Hall–Kier alpha value is -1.68. The highest BCUT2D eigenvalue weighted by Crippen LogP contribution is 2.34. The van der Waals surface area contributed by atoms with Crippen molar-refractivity contribution in [3.8, 4) is 5.75 Å². The van der Waals surface area contributed by atoms with Crippen LogP contribution in [-0.2, 0) is 4.79 Å². The predicted octanol–water partition coefficient (Wildman–Crippen LogP) is 3.40. The standard InChI is InChI=1S/C15H18O3.C4H9N/c1-3-13-12(9-8-10(2)16)15(17)11-6-4-5-7-14(11)18-13;1-2-4-5-3-1/h4-7,12-13H,3,8-9H2,1-2H3;5H,1-4H2. The molecule has 2 unspecified atom stereocenters. The van der Waals surface area contributed by atoms with E-state index in [0.717, 1.165) is 6.42 Å². The largest absolute Gasteiger partial charge is 0.489 e. The van der Waals surface area contributed by atoms with E-state index in [0.29, 0.717) is 24.2 Å². The van der Waals surface area contributed by atoms with Crippen molar-refractivity contribution < 1.29 is 14.3 Å². The van der Waals surface area contributed by atoms with Gasteiger partial charge in [0.2, 0.25) is 0 Å². The van der Waals surface area contributed by atoms with Gasteiger partial charge in [-0.3, -0.25) is 4.79 Å². The summed E-state index contributed by atoms with van der Waals surface area (Å²) in [5.41, 5.74) is 0.649. The van der Waals surface area contributed by atoms with E-state index in [1.54, 1.807) is 13.0 Å². The molecule has 23 heavy (non-hydrogen) atoms. The summed E-state index contributed by atoms with van der Waals surface area (Å²) in [6.45, 7) is 6.07. The third kappa shape index (κ3) is 4.90. The number of carbonyl (C=O) groups excluding carboxylic acids is 2. The minimum Gasteiger partial charge on any atom is -0.489 e. The van der Waals surface area contributed by atoms with E-state index in [1.165, 1.54) is 25.9 Å². The van der Waals surface area contributed by atoms with Crippen LogP contribution >= 0.6 is 0 Å². The number of nitrogens with one attached hydrogen (secondary N) is 1. The van der Waals surface area contributed by atoms with E-state index in [2.05, 4.69) is 5.32 Å². The van der Waals surface area contributed by atoms with Gasteiger partial charge >= 0.3 is 0 Å². The highest BCUT2D eigenvalue weighted by molar-refractivity contribution is 6.01. The summed E-state index contributed by atoms with van der Waals surface area (Å²) in [5, 5.41) is 3.22. The molecule has 4 nitrogen and oxygen atoms in total. The molecular weight excluding hydrogens is 290 g/mol. The summed E-state index contributed by atoms with van der Waals surface area (Å²) in [6.07, 6.45) is 4.48. The van der Waals surface area contributed by atoms with Gasteiger partial charge in [-0.15, -0.1) is 0 Å². The van der Waals surface area contributed by atoms with Gasteiger partial charge in [-0.2, -0.15) is 0 Å². The zero-order chi connectivity index (χ0) is 16.7. The first kappa shape index (κ1) is 17.7. The number of hydrogen-bond donors (Lipinski definition) is 1. The number of para-hydroxylation sites is 1. The van der Waals surface area contributed by atoms with E-state index < -0.39 is 0 Å². The number of rotatable bonds is 4. The number of carbonyl (C=O) groups is 2. The molecule has 3 rings (SSSR count). The summed E-state index contributed by atoms with van der Waals surface area (Å²) in [4.78, 5) is 23.5. The molecule has 1 aromatic rings. The summed E-state index contributed by atoms with van der Waals surface area (Å²) >= 11 is 0. The summed E-state index contributed by atoms with van der Waals surface area (Å²) in [6, 6.07) is 7.34. The van der Waals surface area contributed by atoms with Gasteiger partial charge in [0.05, 0.1) is 11.5 Å². The van der Waals surface area contributed by atoms with Crippen LogP contribution in [0.25, 0.3) is 0 Å². The lowest BCUT2D eigenvalue weighted by molar-refractivity contribution is -0.117. The molecule has 1 fully saturated rings. The van der Waals surface area contributed by atoms with Crippen molar-refractivity contribution >= 4 is 11.6 Å². The fourth-order valence-corrected chi connectivity index (χ4v) is 3.06. The predicted molar refractivity (Wildman–Crippen MR) is 91.0 cm³/mol. The highest BCUT2D eigenvalue weighted by atomic mass is 16.5. The highest BCUT2D eigenvalue weighted by Gasteiger charge is 2.35. The third-order valence-corrected chi connectivity index (χ3v) is 4.38. The van der Waals surface area contributed by atoms with Crippen LogP contribution in [0, 0.1) is 5.92 Å². The topological polar surface area (TPSA) is 55.4 Å². The number of hydrogen-bond acceptors (Lipinski definition) is 4. The lowest BCUT2D eigenvalue weighted by Gasteiger charge is -2.31. The van der Waals surface area contributed by atoms with Crippen LogP contribution in [0.2, 0.25) is 0 Å². The van der Waals surface area contributed by atoms with Crippen molar-refractivity contribution in [1.82, 2.24) is 5.32 Å². The zero-order valence-electron chi connectivity index (χ0n) is 14.1. The second kappa shape index (κ2) is 8.82. The van der Waals surface area contributed by atoms with Gasteiger partial charge in [0.1, 0.15) is 17.6 Å². The molecule has 2 aliphatic rings. The Bertz CT molecular complexity index is 530. The number of Topliss-reactive ketones (excluding diaryl/α,β-unsaturated/α-hetero) is 2. The van der Waals surface area contributed by atoms with E-state index in [9.17, 15) is 9.59 Å². The second-order valence-electron chi connectivity index (χ2n) is 6.23. The normalized spacial score (nSPS) is 22.6. The van der Waals surface area contributed by atoms with Crippen LogP contribution in [0.15, 0.2) is 24.3 Å². The maximum absolute atomic E-state index is 12.4. The zero-order valence-corrected chi connectivity index (χ0v) is 14.1. The van der Waals surface area contributed by atoms with Gasteiger partial charge in [0.25, 0.3) is 0 Å². The van der Waals surface area contributed by atoms with Gasteiger partial charge in [-0.25, -0.2) is 0 Å². The monoisotopic (exact) mass is 317 g/mol. The van der Waals surface area contributed by atoms with Gasteiger partial charge in [0.15, 0.2) is 5.78 Å². The molecule has 0 aromatic heterocycles. The van der Waals surface area contributed by atoms with Crippen molar-refractivity contribution in [3.63, 3.8) is 0 Å². The fraction of sp³-hybridized carbons (Fsp3) is 0.579. The summed E-state index contributed by atoms with van der Waals surface area (Å²) in [7, 11) is 0. The lowest BCUT2D eigenvalue weighted by Crippen LogP contribution is -2.37. The van der Waals surface area contributed by atoms with Crippen LogP contribution in [-0.4, -0.2) is 30.8 Å². The smallest absolute Gasteiger partial charge is 0.173 e. The van der Waals surface area contributed by atoms with Crippen molar-refractivity contribution in [2.24, 2.45) is 5.92 Å². The SMILES string of the molecule is C1CCNC1.CCC1Oc2ccccc2C(=O)C1CCC(C)=O. The van der Waals surface area contributed by atoms with E-state index in [1.807, 2.05) is 25.1 Å². The van der Waals surface area contributed by atoms with Crippen molar-refractivity contribution in [2.75, 3.05) is 13.1 Å². The Labute approximate surface area is 138 Å². The summed E-state index contributed by atoms with van der Waals surface area (Å²) in [5.74, 6) is 0.726. The summed E-state index contributed by atoms with van der Waals surface area (Å²) < 4.78 is 5.86.